The molecule has 1 aliphatic heterocycles. The van der Waals surface area contributed by atoms with Crippen LogP contribution in [-0.4, -0.2) is 48.4 Å². The number of amides is 1. The Morgan fingerprint density at radius 1 is 1.17 bits per heavy atom. The molecule has 3 rings (SSSR count). The zero-order valence-electron chi connectivity index (χ0n) is 16.8. The van der Waals surface area contributed by atoms with Gasteiger partial charge in [0.15, 0.2) is 6.10 Å². The van der Waals surface area contributed by atoms with Gasteiger partial charge in [-0.15, -0.1) is 0 Å². The van der Waals surface area contributed by atoms with Gasteiger partial charge in [0.2, 0.25) is 10.0 Å². The molecule has 1 N–H and O–H groups in total. The highest BCUT2D eigenvalue weighted by Crippen LogP contribution is 2.28. The molecule has 0 bridgehead atoms. The van der Waals surface area contributed by atoms with Crippen LogP contribution in [-0.2, 0) is 26.6 Å². The number of benzene rings is 1. The van der Waals surface area contributed by atoms with Gasteiger partial charge < -0.3 is 14.6 Å². The molecule has 0 unspecified atom stereocenters. The van der Waals surface area contributed by atoms with Gasteiger partial charge in [-0.25, -0.2) is 13.2 Å². The number of nitrogens with one attached hydrogen (secondary N) is 1. The summed E-state index contributed by atoms with van der Waals surface area (Å²) in [6.45, 7) is 2.37. The van der Waals surface area contributed by atoms with Gasteiger partial charge in [-0.3, -0.25) is 4.79 Å². The predicted molar refractivity (Wildman–Crippen MR) is 113 cm³/mol. The van der Waals surface area contributed by atoms with Gasteiger partial charge in [-0.2, -0.15) is 4.31 Å². The van der Waals surface area contributed by atoms with Crippen LogP contribution in [0.5, 0.6) is 0 Å². The summed E-state index contributed by atoms with van der Waals surface area (Å²) in [5.41, 5.74) is 0.448. The van der Waals surface area contributed by atoms with Gasteiger partial charge in [-0.1, -0.05) is 18.0 Å². The van der Waals surface area contributed by atoms with E-state index in [2.05, 4.69) is 5.32 Å². The van der Waals surface area contributed by atoms with Gasteiger partial charge in [0.1, 0.15) is 5.69 Å². The Kier molecular flexibility index (Phi) is 6.84. The number of anilines is 1. The number of sulfonamides is 1. The third-order valence-electron chi connectivity index (χ3n) is 4.95. The minimum atomic E-state index is -3.68. The molecule has 1 amide bonds. The summed E-state index contributed by atoms with van der Waals surface area (Å²) < 4.78 is 34.0. The number of rotatable bonds is 6. The van der Waals surface area contributed by atoms with Crippen LogP contribution in [0.1, 0.15) is 36.7 Å². The topological polar surface area (TPSA) is 97.7 Å². The maximum atomic E-state index is 12.9. The van der Waals surface area contributed by atoms with Crippen molar-refractivity contribution in [1.29, 1.82) is 0 Å². The third-order valence-corrected chi connectivity index (χ3v) is 7.18. The number of hydrogen-bond acceptors (Lipinski definition) is 5. The molecule has 1 aliphatic rings. The van der Waals surface area contributed by atoms with E-state index in [4.69, 9.17) is 16.3 Å². The maximum Gasteiger partial charge on any atom is 0.355 e. The van der Waals surface area contributed by atoms with Gasteiger partial charge in [0.05, 0.1) is 15.6 Å². The second-order valence-electron chi connectivity index (χ2n) is 7.15. The Balaban J connectivity index is 1.72. The number of carbonyl (C=O) groups excluding carboxylic acids is 2. The largest absolute Gasteiger partial charge is 0.448 e. The minimum Gasteiger partial charge on any atom is -0.448 e. The van der Waals surface area contributed by atoms with Crippen LogP contribution in [0.15, 0.2) is 41.4 Å². The molecule has 1 atom stereocenters. The van der Waals surface area contributed by atoms with E-state index in [1.54, 1.807) is 29.9 Å². The van der Waals surface area contributed by atoms with Crippen molar-refractivity contribution in [3.8, 4) is 0 Å². The second-order valence-corrected chi connectivity index (χ2v) is 9.49. The number of aromatic nitrogens is 1. The average molecular weight is 454 g/mol. The van der Waals surface area contributed by atoms with Gasteiger partial charge in [0, 0.05) is 26.3 Å². The van der Waals surface area contributed by atoms with Crippen molar-refractivity contribution in [2.45, 2.75) is 37.2 Å². The number of piperidine rings is 1. The molecule has 1 saturated heterocycles. The molecule has 2 aromatic rings. The highest BCUT2D eigenvalue weighted by Gasteiger charge is 2.27. The summed E-state index contributed by atoms with van der Waals surface area (Å²) in [5, 5.41) is 2.74. The lowest BCUT2D eigenvalue weighted by Gasteiger charge is -2.26. The molecule has 2 heterocycles. The first-order valence-corrected chi connectivity index (χ1v) is 11.4. The van der Waals surface area contributed by atoms with Crippen LogP contribution in [0.2, 0.25) is 5.02 Å². The van der Waals surface area contributed by atoms with Crippen molar-refractivity contribution < 1.29 is 22.7 Å². The maximum absolute atomic E-state index is 12.9. The monoisotopic (exact) mass is 453 g/mol. The number of ether oxygens (including phenoxy) is 1. The van der Waals surface area contributed by atoms with E-state index in [-0.39, 0.29) is 15.6 Å². The van der Waals surface area contributed by atoms with E-state index in [0.717, 1.165) is 19.3 Å². The fraction of sp³-hybridized carbons (Fsp3) is 0.400. The average Bonchev–Trinajstić information content (AvgIpc) is 3.16. The van der Waals surface area contributed by atoms with Gasteiger partial charge in [0.25, 0.3) is 5.91 Å². The molecule has 0 aliphatic carbocycles. The Hall–Kier alpha value is -2.36. The first kappa shape index (κ1) is 22.3. The van der Waals surface area contributed by atoms with E-state index in [9.17, 15) is 18.0 Å². The molecular formula is C20H24ClN3O5S. The van der Waals surface area contributed by atoms with E-state index >= 15 is 0 Å². The zero-order valence-corrected chi connectivity index (χ0v) is 18.4. The Morgan fingerprint density at radius 2 is 1.87 bits per heavy atom. The number of esters is 1. The Labute approximate surface area is 180 Å². The van der Waals surface area contributed by atoms with Crippen molar-refractivity contribution in [2.75, 3.05) is 18.4 Å². The summed E-state index contributed by atoms with van der Waals surface area (Å²) >= 11 is 6.15. The fourth-order valence-electron chi connectivity index (χ4n) is 3.20. The third kappa shape index (κ3) is 4.85. The lowest BCUT2D eigenvalue weighted by molar-refractivity contribution is -0.123. The quantitative estimate of drug-likeness (QED) is 0.678. The van der Waals surface area contributed by atoms with Crippen LogP contribution < -0.4 is 5.32 Å². The van der Waals surface area contributed by atoms with E-state index in [0.29, 0.717) is 18.8 Å². The minimum absolute atomic E-state index is 0.0533. The van der Waals surface area contributed by atoms with Crippen molar-refractivity contribution in [3.05, 3.63) is 47.2 Å². The summed E-state index contributed by atoms with van der Waals surface area (Å²) in [6.07, 6.45) is 3.23. The van der Waals surface area contributed by atoms with Crippen LogP contribution in [0.25, 0.3) is 0 Å². The summed E-state index contributed by atoms with van der Waals surface area (Å²) in [4.78, 5) is 24.7. The van der Waals surface area contributed by atoms with Crippen molar-refractivity contribution in [3.63, 3.8) is 0 Å². The van der Waals surface area contributed by atoms with E-state index < -0.39 is 28.0 Å². The zero-order chi connectivity index (χ0) is 21.9. The highest BCUT2D eigenvalue weighted by atomic mass is 35.5. The normalized spacial score (nSPS) is 16.1. The fourth-order valence-corrected chi connectivity index (χ4v) is 4.91. The van der Waals surface area contributed by atoms with Gasteiger partial charge >= 0.3 is 5.97 Å². The van der Waals surface area contributed by atoms with Crippen LogP contribution in [0.3, 0.4) is 0 Å². The summed E-state index contributed by atoms with van der Waals surface area (Å²) in [5.74, 6) is -1.26. The molecule has 1 aromatic carbocycles. The Bertz CT molecular complexity index is 1040. The van der Waals surface area contributed by atoms with Crippen LogP contribution in [0, 0.1) is 0 Å². The van der Waals surface area contributed by atoms with E-state index in [1.165, 1.54) is 29.4 Å². The number of hydrogen-bond donors (Lipinski definition) is 1. The smallest absolute Gasteiger partial charge is 0.355 e. The molecule has 0 spiro atoms. The van der Waals surface area contributed by atoms with Crippen molar-refractivity contribution in [2.24, 2.45) is 7.05 Å². The predicted octanol–water partition coefficient (Wildman–Crippen LogP) is 3.04. The molecule has 1 fully saturated rings. The number of carbonyl (C=O) groups is 2. The molecule has 1 aromatic heterocycles. The number of nitrogens with zero attached hydrogens (tertiary/aromatic N) is 2. The molecule has 30 heavy (non-hydrogen) atoms. The van der Waals surface area contributed by atoms with Crippen LogP contribution >= 0.6 is 11.6 Å². The van der Waals surface area contributed by atoms with Crippen LogP contribution in [0.4, 0.5) is 5.69 Å². The lowest BCUT2D eigenvalue weighted by Crippen LogP contribution is -2.35. The lowest BCUT2D eigenvalue weighted by atomic mass is 10.2. The SMILES string of the molecule is C[C@H](OC(=O)c1cccn1C)C(=O)Nc1cc(S(=O)(=O)N2CCCCC2)ccc1Cl. The molecular weight excluding hydrogens is 430 g/mol. The summed E-state index contributed by atoms with van der Waals surface area (Å²) in [7, 11) is -1.99. The summed E-state index contributed by atoms with van der Waals surface area (Å²) in [6, 6.07) is 7.44. The highest BCUT2D eigenvalue weighted by molar-refractivity contribution is 7.89. The van der Waals surface area contributed by atoms with Gasteiger partial charge in [-0.05, 0) is 50.1 Å². The first-order chi connectivity index (χ1) is 14.2. The standard InChI is InChI=1S/C20H24ClN3O5S/c1-14(29-20(26)18-7-6-10-23(18)2)19(25)22-17-13-15(8-9-16(17)21)30(27,28)24-11-4-3-5-12-24/h6-10,13-14H,3-5,11-12H2,1-2H3,(H,22,25)/t14-/m0/s1. The number of aryl methyl sites for hydroxylation is 1. The molecule has 162 valence electrons. The van der Waals surface area contributed by atoms with E-state index in [1.807, 2.05) is 0 Å². The Morgan fingerprint density at radius 3 is 2.50 bits per heavy atom. The molecule has 10 heteroatoms. The molecule has 0 saturated carbocycles. The van der Waals surface area contributed by atoms with Crippen molar-refractivity contribution >= 4 is 39.2 Å². The first-order valence-electron chi connectivity index (χ1n) is 9.63. The number of halogens is 1. The second kappa shape index (κ2) is 9.20. The molecule has 8 nitrogen and oxygen atoms in total. The molecule has 0 radical (unpaired) electrons. The van der Waals surface area contributed by atoms with Crippen molar-refractivity contribution in [1.82, 2.24) is 8.87 Å².